The molecule has 0 spiro atoms. The maximum atomic E-state index is 6.03. The molecule has 2 N–H and O–H groups in total. The topological polar surface area (TPSA) is 35.2 Å². The molecule has 1 rings (SSSR count). The molecule has 0 unspecified atom stereocenters. The van der Waals surface area contributed by atoms with Crippen LogP contribution in [0.2, 0.25) is 10.0 Å². The van der Waals surface area contributed by atoms with Crippen molar-refractivity contribution in [2.75, 3.05) is 6.61 Å². The van der Waals surface area contributed by atoms with E-state index in [-0.39, 0.29) is 0 Å². The summed E-state index contributed by atoms with van der Waals surface area (Å²) >= 11 is 11.9. The van der Waals surface area contributed by atoms with Gasteiger partial charge >= 0.3 is 0 Å². The molecule has 0 aliphatic rings. The van der Waals surface area contributed by atoms with Crippen LogP contribution in [0.5, 0.6) is 5.75 Å². The third-order valence-corrected chi connectivity index (χ3v) is 2.37. The normalized spacial score (nSPS) is 10.8. The first-order chi connectivity index (χ1) is 7.04. The van der Waals surface area contributed by atoms with Gasteiger partial charge in [0.25, 0.3) is 0 Å². The number of nitrogens with two attached hydrogens (primary N) is 1. The van der Waals surface area contributed by atoms with Crippen molar-refractivity contribution in [2.24, 2.45) is 11.7 Å². The molecule has 0 aliphatic heterocycles. The minimum Gasteiger partial charge on any atom is -0.491 e. The quantitative estimate of drug-likeness (QED) is 0.885. The molecule has 84 valence electrons. The molecule has 0 saturated heterocycles. The van der Waals surface area contributed by atoms with Crippen LogP contribution in [0.25, 0.3) is 0 Å². The Kier molecular flexibility index (Phi) is 4.71. The number of ether oxygens (including phenoxy) is 1. The SMILES string of the molecule is CC(C)COc1c(Cl)cc(Cl)cc1CN. The Balaban J connectivity index is 2.93. The molecule has 4 heteroatoms. The Morgan fingerprint density at radius 3 is 2.53 bits per heavy atom. The summed E-state index contributed by atoms with van der Waals surface area (Å²) in [6.07, 6.45) is 0. The standard InChI is InChI=1S/C11H15Cl2NO/c1-7(2)6-15-11-8(5-14)3-9(12)4-10(11)13/h3-4,7H,5-6,14H2,1-2H3. The van der Waals surface area contributed by atoms with Gasteiger partial charge in [0.1, 0.15) is 5.75 Å². The number of hydrogen-bond acceptors (Lipinski definition) is 2. The highest BCUT2D eigenvalue weighted by Crippen LogP contribution is 2.32. The molecule has 0 atom stereocenters. The van der Waals surface area contributed by atoms with E-state index >= 15 is 0 Å². The summed E-state index contributed by atoms with van der Waals surface area (Å²) in [5, 5.41) is 1.10. The molecule has 0 aromatic heterocycles. The zero-order chi connectivity index (χ0) is 11.4. The minimum atomic E-state index is 0.369. The van der Waals surface area contributed by atoms with Crippen LogP contribution in [0.3, 0.4) is 0 Å². The number of halogens is 2. The number of rotatable bonds is 4. The second-order valence-electron chi connectivity index (χ2n) is 3.78. The lowest BCUT2D eigenvalue weighted by atomic mass is 10.2. The van der Waals surface area contributed by atoms with Gasteiger partial charge in [0, 0.05) is 17.1 Å². The Labute approximate surface area is 100 Å². The van der Waals surface area contributed by atoms with Crippen LogP contribution in [-0.2, 0) is 6.54 Å². The largest absolute Gasteiger partial charge is 0.491 e. The van der Waals surface area contributed by atoms with E-state index < -0.39 is 0 Å². The predicted octanol–water partition coefficient (Wildman–Crippen LogP) is 3.49. The zero-order valence-corrected chi connectivity index (χ0v) is 10.4. The summed E-state index contributed by atoms with van der Waals surface area (Å²) in [4.78, 5) is 0. The van der Waals surface area contributed by atoms with Crippen molar-refractivity contribution < 1.29 is 4.74 Å². The van der Waals surface area contributed by atoms with Gasteiger partial charge in [-0.1, -0.05) is 37.0 Å². The second-order valence-corrected chi connectivity index (χ2v) is 4.63. The third kappa shape index (κ3) is 3.56. The summed E-state index contributed by atoms with van der Waals surface area (Å²) < 4.78 is 5.60. The molecule has 1 aromatic carbocycles. The molecule has 0 heterocycles. The lowest BCUT2D eigenvalue weighted by Crippen LogP contribution is -2.08. The smallest absolute Gasteiger partial charge is 0.142 e. The van der Waals surface area contributed by atoms with E-state index in [2.05, 4.69) is 13.8 Å². The average molecular weight is 248 g/mol. The van der Waals surface area contributed by atoms with Crippen LogP contribution in [0, 0.1) is 5.92 Å². The van der Waals surface area contributed by atoms with Crippen molar-refractivity contribution in [1.82, 2.24) is 0 Å². The number of hydrogen-bond donors (Lipinski definition) is 1. The summed E-state index contributed by atoms with van der Waals surface area (Å²) in [6.45, 7) is 5.14. The van der Waals surface area contributed by atoms with Crippen LogP contribution in [0.4, 0.5) is 0 Å². The first-order valence-corrected chi connectivity index (χ1v) is 5.61. The Morgan fingerprint density at radius 1 is 1.33 bits per heavy atom. The van der Waals surface area contributed by atoms with E-state index in [0.717, 1.165) is 5.56 Å². The zero-order valence-electron chi connectivity index (χ0n) is 8.89. The Hall–Kier alpha value is -0.440. The van der Waals surface area contributed by atoms with E-state index in [0.29, 0.717) is 34.9 Å². The highest BCUT2D eigenvalue weighted by molar-refractivity contribution is 6.35. The number of benzene rings is 1. The van der Waals surface area contributed by atoms with Gasteiger partial charge < -0.3 is 10.5 Å². The molecular weight excluding hydrogens is 233 g/mol. The third-order valence-electron chi connectivity index (χ3n) is 1.87. The Morgan fingerprint density at radius 2 is 2.00 bits per heavy atom. The van der Waals surface area contributed by atoms with Crippen molar-refractivity contribution in [2.45, 2.75) is 20.4 Å². The van der Waals surface area contributed by atoms with Crippen LogP contribution in [0.15, 0.2) is 12.1 Å². The van der Waals surface area contributed by atoms with Gasteiger partial charge in [-0.2, -0.15) is 0 Å². The maximum absolute atomic E-state index is 6.03. The first kappa shape index (κ1) is 12.6. The lowest BCUT2D eigenvalue weighted by molar-refractivity contribution is 0.269. The van der Waals surface area contributed by atoms with Crippen LogP contribution >= 0.6 is 23.2 Å². The van der Waals surface area contributed by atoms with Gasteiger partial charge in [0.05, 0.1) is 11.6 Å². The molecule has 0 radical (unpaired) electrons. The van der Waals surface area contributed by atoms with Crippen LogP contribution in [-0.4, -0.2) is 6.61 Å². The summed E-state index contributed by atoms with van der Waals surface area (Å²) in [5.41, 5.74) is 6.44. The van der Waals surface area contributed by atoms with Crippen molar-refractivity contribution >= 4 is 23.2 Å². The molecular formula is C11H15Cl2NO. The van der Waals surface area contributed by atoms with E-state index in [9.17, 15) is 0 Å². The molecule has 0 fully saturated rings. The average Bonchev–Trinajstić information content (AvgIpc) is 2.14. The molecule has 1 aromatic rings. The van der Waals surface area contributed by atoms with E-state index in [4.69, 9.17) is 33.7 Å². The molecule has 0 aliphatic carbocycles. The fourth-order valence-electron chi connectivity index (χ4n) is 1.18. The summed E-state index contributed by atoms with van der Waals surface area (Å²) in [6, 6.07) is 3.45. The summed E-state index contributed by atoms with van der Waals surface area (Å²) in [5.74, 6) is 1.10. The van der Waals surface area contributed by atoms with Crippen molar-refractivity contribution in [3.05, 3.63) is 27.7 Å². The highest BCUT2D eigenvalue weighted by atomic mass is 35.5. The van der Waals surface area contributed by atoms with Crippen molar-refractivity contribution in [1.29, 1.82) is 0 Å². The van der Waals surface area contributed by atoms with E-state index in [1.54, 1.807) is 12.1 Å². The predicted molar refractivity (Wildman–Crippen MR) is 64.7 cm³/mol. The van der Waals surface area contributed by atoms with Gasteiger partial charge in [-0.25, -0.2) is 0 Å². The van der Waals surface area contributed by atoms with E-state index in [1.165, 1.54) is 0 Å². The van der Waals surface area contributed by atoms with Crippen LogP contribution in [0.1, 0.15) is 19.4 Å². The van der Waals surface area contributed by atoms with E-state index in [1.807, 2.05) is 0 Å². The minimum absolute atomic E-state index is 0.369. The molecule has 0 amide bonds. The molecule has 0 bridgehead atoms. The van der Waals surface area contributed by atoms with Crippen molar-refractivity contribution in [3.63, 3.8) is 0 Å². The maximum Gasteiger partial charge on any atom is 0.142 e. The monoisotopic (exact) mass is 247 g/mol. The fourth-order valence-corrected chi connectivity index (χ4v) is 1.77. The molecule has 2 nitrogen and oxygen atoms in total. The highest BCUT2D eigenvalue weighted by Gasteiger charge is 2.10. The summed E-state index contributed by atoms with van der Waals surface area (Å²) in [7, 11) is 0. The van der Waals surface area contributed by atoms with Gasteiger partial charge in [0.2, 0.25) is 0 Å². The Bertz CT molecular complexity index is 340. The molecule has 0 saturated carbocycles. The fraction of sp³-hybridized carbons (Fsp3) is 0.455. The lowest BCUT2D eigenvalue weighted by Gasteiger charge is -2.14. The van der Waals surface area contributed by atoms with Gasteiger partial charge in [-0.05, 0) is 18.1 Å². The van der Waals surface area contributed by atoms with Gasteiger partial charge in [-0.15, -0.1) is 0 Å². The van der Waals surface area contributed by atoms with Gasteiger partial charge in [0.15, 0.2) is 0 Å². The first-order valence-electron chi connectivity index (χ1n) is 4.85. The van der Waals surface area contributed by atoms with Gasteiger partial charge in [-0.3, -0.25) is 0 Å². The van der Waals surface area contributed by atoms with Crippen molar-refractivity contribution in [3.8, 4) is 5.75 Å². The molecule has 15 heavy (non-hydrogen) atoms. The second kappa shape index (κ2) is 5.59. The van der Waals surface area contributed by atoms with Crippen LogP contribution < -0.4 is 10.5 Å².